The van der Waals surface area contributed by atoms with E-state index in [9.17, 15) is 44.6 Å². The van der Waals surface area contributed by atoms with E-state index in [1.54, 1.807) is 0 Å². The summed E-state index contributed by atoms with van der Waals surface area (Å²) in [6.07, 6.45) is -14.0. The number of rotatable bonds is 6. The predicted octanol–water partition coefficient (Wildman–Crippen LogP) is 7.70. The number of alkyl halides is 9. The van der Waals surface area contributed by atoms with Gasteiger partial charge in [0.25, 0.3) is 0 Å². The zero-order valence-corrected chi connectivity index (χ0v) is 18.7. The van der Waals surface area contributed by atoms with Gasteiger partial charge in [0.05, 0.1) is 29.0 Å². The molecule has 0 saturated carbocycles. The Hall–Kier alpha value is -3.38. The molecular weight excluding hydrogens is 507 g/mol. The van der Waals surface area contributed by atoms with E-state index < -0.39 is 57.9 Å². The molecule has 2 aromatic carbocycles. The van der Waals surface area contributed by atoms with Crippen LogP contribution in [0.2, 0.25) is 0 Å². The second-order valence-electron chi connectivity index (χ2n) is 7.87. The molecule has 13 heteroatoms. The SMILES string of the molecule is CCCCOc1ccc(-c2cc(C(F)(F)F)n(C)n2)c(O)c1-c1cc(C(F)(F)F)cc(C(F)(F)F)c1. The molecular formula is C23H19F9N2O2. The summed E-state index contributed by atoms with van der Waals surface area (Å²) in [6, 6.07) is 3.61. The normalized spacial score (nSPS) is 12.8. The number of nitrogens with zero attached hydrogens (tertiary/aromatic N) is 2. The van der Waals surface area contributed by atoms with Gasteiger partial charge in [0.2, 0.25) is 0 Å². The average molecular weight is 526 g/mol. The number of unbranched alkanes of at least 4 members (excludes halogenated alkanes) is 1. The molecule has 4 nitrogen and oxygen atoms in total. The molecule has 0 saturated heterocycles. The number of halogens is 9. The number of hydrogen-bond donors (Lipinski definition) is 1. The minimum absolute atomic E-state index is 0.0230. The third-order valence-electron chi connectivity index (χ3n) is 5.22. The summed E-state index contributed by atoms with van der Waals surface area (Å²) < 4.78 is 126. The molecule has 3 rings (SSSR count). The molecule has 0 atom stereocenters. The summed E-state index contributed by atoms with van der Waals surface area (Å²) in [4.78, 5) is 0. The Labute approximate surface area is 198 Å². The third-order valence-corrected chi connectivity index (χ3v) is 5.22. The Bertz CT molecular complexity index is 1210. The van der Waals surface area contributed by atoms with E-state index in [-0.39, 0.29) is 24.0 Å². The lowest BCUT2D eigenvalue weighted by Gasteiger charge is -2.18. The van der Waals surface area contributed by atoms with Crippen LogP contribution in [0.4, 0.5) is 39.5 Å². The fraction of sp³-hybridized carbons (Fsp3) is 0.348. The van der Waals surface area contributed by atoms with E-state index in [2.05, 4.69) is 5.10 Å². The fourth-order valence-corrected chi connectivity index (χ4v) is 3.47. The summed E-state index contributed by atoms with van der Waals surface area (Å²) in [5, 5.41) is 14.6. The Morgan fingerprint density at radius 2 is 1.44 bits per heavy atom. The summed E-state index contributed by atoms with van der Waals surface area (Å²) in [7, 11) is 0.995. The Morgan fingerprint density at radius 3 is 1.92 bits per heavy atom. The molecule has 196 valence electrons. The van der Waals surface area contributed by atoms with Gasteiger partial charge in [-0.15, -0.1) is 0 Å². The van der Waals surface area contributed by atoms with E-state index in [0.717, 1.165) is 19.2 Å². The van der Waals surface area contributed by atoms with Gasteiger partial charge in [0, 0.05) is 12.6 Å². The van der Waals surface area contributed by atoms with Crippen LogP contribution in [0, 0.1) is 0 Å². The van der Waals surface area contributed by atoms with Crippen molar-refractivity contribution in [2.45, 2.75) is 38.3 Å². The lowest BCUT2D eigenvalue weighted by molar-refractivity contribution is -0.144. The number of phenolic OH excluding ortho intramolecular Hbond substituents is 1. The minimum atomic E-state index is -5.16. The van der Waals surface area contributed by atoms with Crippen LogP contribution in [0.1, 0.15) is 36.6 Å². The van der Waals surface area contributed by atoms with Crippen molar-refractivity contribution < 1.29 is 49.4 Å². The standard InChI is InChI=1S/C23H19F9N2O2/c1-3-4-7-36-17-6-5-15(16-11-18(23(30,31)32)34(2)33-16)20(35)19(17)12-8-13(21(24,25)26)10-14(9-12)22(27,28)29/h5-6,8-11,35H,3-4,7H2,1-2H3. The molecule has 0 unspecified atom stereocenters. The first-order valence-electron chi connectivity index (χ1n) is 10.4. The molecule has 0 aliphatic rings. The highest BCUT2D eigenvalue weighted by Gasteiger charge is 2.38. The van der Waals surface area contributed by atoms with Gasteiger partial charge in [0.15, 0.2) is 0 Å². The van der Waals surface area contributed by atoms with Gasteiger partial charge in [-0.1, -0.05) is 13.3 Å². The highest BCUT2D eigenvalue weighted by atomic mass is 19.4. The topological polar surface area (TPSA) is 47.3 Å². The van der Waals surface area contributed by atoms with Crippen LogP contribution in [-0.4, -0.2) is 21.5 Å². The highest BCUT2D eigenvalue weighted by molar-refractivity contribution is 5.85. The van der Waals surface area contributed by atoms with E-state index in [1.807, 2.05) is 6.92 Å². The van der Waals surface area contributed by atoms with E-state index in [4.69, 9.17) is 4.74 Å². The molecule has 0 spiro atoms. The zero-order chi connectivity index (χ0) is 27.1. The summed E-state index contributed by atoms with van der Waals surface area (Å²) in [5.41, 5.74) is -6.41. The maximum Gasteiger partial charge on any atom is 0.433 e. The Balaban J connectivity index is 2.30. The predicted molar refractivity (Wildman–Crippen MR) is 111 cm³/mol. The molecule has 0 fully saturated rings. The van der Waals surface area contributed by atoms with Crippen LogP contribution in [0.3, 0.4) is 0 Å². The first kappa shape index (κ1) is 27.2. The number of aromatic hydroxyl groups is 1. The number of hydrogen-bond acceptors (Lipinski definition) is 3. The fourth-order valence-electron chi connectivity index (χ4n) is 3.47. The summed E-state index contributed by atoms with van der Waals surface area (Å²) in [5.74, 6) is -1.13. The molecule has 0 aliphatic carbocycles. The van der Waals surface area contributed by atoms with Gasteiger partial charge in [0.1, 0.15) is 17.2 Å². The van der Waals surface area contributed by atoms with Crippen LogP contribution < -0.4 is 4.74 Å². The van der Waals surface area contributed by atoms with Crippen molar-refractivity contribution >= 4 is 0 Å². The van der Waals surface area contributed by atoms with Crippen LogP contribution in [0.15, 0.2) is 36.4 Å². The Kier molecular flexibility index (Phi) is 7.24. The summed E-state index contributed by atoms with van der Waals surface area (Å²) >= 11 is 0. The van der Waals surface area contributed by atoms with E-state index in [0.29, 0.717) is 35.7 Å². The van der Waals surface area contributed by atoms with Crippen LogP contribution >= 0.6 is 0 Å². The van der Waals surface area contributed by atoms with Crippen molar-refractivity contribution in [2.75, 3.05) is 6.61 Å². The molecule has 0 amide bonds. The number of phenols is 1. The van der Waals surface area contributed by atoms with Gasteiger partial charge >= 0.3 is 18.5 Å². The van der Waals surface area contributed by atoms with Gasteiger partial charge < -0.3 is 9.84 Å². The lowest BCUT2D eigenvalue weighted by Crippen LogP contribution is -2.11. The molecule has 1 heterocycles. The van der Waals surface area contributed by atoms with E-state index >= 15 is 0 Å². The van der Waals surface area contributed by atoms with Crippen molar-refractivity contribution in [3.63, 3.8) is 0 Å². The van der Waals surface area contributed by atoms with Crippen molar-refractivity contribution in [1.29, 1.82) is 0 Å². The molecule has 36 heavy (non-hydrogen) atoms. The summed E-state index contributed by atoms with van der Waals surface area (Å²) in [6.45, 7) is 1.84. The van der Waals surface area contributed by atoms with Gasteiger partial charge in [-0.25, -0.2) is 0 Å². The number of aryl methyl sites for hydroxylation is 1. The first-order valence-corrected chi connectivity index (χ1v) is 10.4. The first-order chi connectivity index (χ1) is 16.5. The van der Waals surface area contributed by atoms with Crippen LogP contribution in [-0.2, 0) is 25.6 Å². The maximum atomic E-state index is 13.4. The van der Waals surface area contributed by atoms with Crippen molar-refractivity contribution in [3.8, 4) is 33.9 Å². The maximum absolute atomic E-state index is 13.4. The molecule has 0 bridgehead atoms. The minimum Gasteiger partial charge on any atom is -0.506 e. The van der Waals surface area contributed by atoms with Gasteiger partial charge in [-0.05, 0) is 48.4 Å². The van der Waals surface area contributed by atoms with Gasteiger partial charge in [-0.2, -0.15) is 44.6 Å². The monoisotopic (exact) mass is 526 g/mol. The van der Waals surface area contributed by atoms with Crippen LogP contribution in [0.5, 0.6) is 11.5 Å². The zero-order valence-electron chi connectivity index (χ0n) is 18.7. The number of benzene rings is 2. The molecule has 1 N–H and O–H groups in total. The lowest BCUT2D eigenvalue weighted by atomic mass is 9.95. The van der Waals surface area contributed by atoms with Gasteiger partial charge in [-0.3, -0.25) is 4.68 Å². The number of ether oxygens (including phenoxy) is 1. The molecule has 1 aromatic heterocycles. The molecule has 0 radical (unpaired) electrons. The average Bonchev–Trinajstić information content (AvgIpc) is 3.14. The Morgan fingerprint density at radius 1 is 0.861 bits per heavy atom. The molecule has 0 aliphatic heterocycles. The molecule has 3 aromatic rings. The van der Waals surface area contributed by atoms with Crippen molar-refractivity contribution in [2.24, 2.45) is 7.05 Å². The quantitative estimate of drug-likeness (QED) is 0.265. The van der Waals surface area contributed by atoms with Crippen LogP contribution in [0.25, 0.3) is 22.4 Å². The second kappa shape index (κ2) is 9.58. The second-order valence-corrected chi connectivity index (χ2v) is 7.87. The van der Waals surface area contributed by atoms with E-state index in [1.165, 1.54) is 0 Å². The number of aromatic nitrogens is 2. The smallest absolute Gasteiger partial charge is 0.433 e. The van der Waals surface area contributed by atoms with Crippen molar-refractivity contribution in [3.05, 3.63) is 53.2 Å². The largest absolute Gasteiger partial charge is 0.506 e. The van der Waals surface area contributed by atoms with Crippen molar-refractivity contribution in [1.82, 2.24) is 9.78 Å². The highest BCUT2D eigenvalue weighted by Crippen LogP contribution is 2.47. The third kappa shape index (κ3) is 5.71.